The van der Waals surface area contributed by atoms with Gasteiger partial charge in [0.15, 0.2) is 5.96 Å². The molecule has 0 saturated carbocycles. The normalized spacial score (nSPS) is 13.7. The fraction of sp³-hybridized carbons (Fsp3) is 0.391. The maximum Gasteiger partial charge on any atom is 0.222 e. The van der Waals surface area contributed by atoms with E-state index in [0.29, 0.717) is 13.0 Å². The van der Waals surface area contributed by atoms with Crippen LogP contribution in [0.2, 0.25) is 5.02 Å². The van der Waals surface area contributed by atoms with Crippen LogP contribution in [-0.4, -0.2) is 43.4 Å². The quantitative estimate of drug-likeness (QED) is 0.416. The predicted octanol–water partition coefficient (Wildman–Crippen LogP) is 3.41. The molecule has 5 nitrogen and oxygen atoms in total. The maximum absolute atomic E-state index is 12.5. The van der Waals surface area contributed by atoms with Crippen molar-refractivity contribution < 1.29 is 4.79 Å². The number of carbonyl (C=O) groups excluding carboxylic acids is 1. The van der Waals surface area contributed by atoms with E-state index in [1.165, 1.54) is 16.7 Å². The van der Waals surface area contributed by atoms with Gasteiger partial charge in [0.1, 0.15) is 0 Å². The Morgan fingerprint density at radius 2 is 1.90 bits per heavy atom. The van der Waals surface area contributed by atoms with Crippen molar-refractivity contribution in [3.8, 4) is 0 Å². The molecule has 154 valence electrons. The van der Waals surface area contributed by atoms with Gasteiger partial charge >= 0.3 is 0 Å². The molecule has 0 saturated heterocycles. The number of fused-ring (bicyclic) bond motifs is 1. The van der Waals surface area contributed by atoms with E-state index in [9.17, 15) is 4.79 Å². The number of hydrogen-bond donors (Lipinski definition) is 2. The Balaban J connectivity index is 1.33. The molecule has 0 fully saturated rings. The minimum absolute atomic E-state index is 0.227. The van der Waals surface area contributed by atoms with Crippen molar-refractivity contribution in [1.29, 1.82) is 0 Å². The molecule has 2 N–H and O–H groups in total. The summed E-state index contributed by atoms with van der Waals surface area (Å²) >= 11 is 6.02. The molecular weight excluding hydrogens is 384 g/mol. The summed E-state index contributed by atoms with van der Waals surface area (Å²) in [7, 11) is 1.76. The van der Waals surface area contributed by atoms with Crippen molar-refractivity contribution in [3.05, 3.63) is 70.2 Å². The molecule has 1 aliphatic heterocycles. The van der Waals surface area contributed by atoms with Crippen LogP contribution in [-0.2, 0) is 24.2 Å². The third kappa shape index (κ3) is 6.50. The van der Waals surface area contributed by atoms with E-state index >= 15 is 0 Å². The van der Waals surface area contributed by atoms with Gasteiger partial charge in [-0.3, -0.25) is 9.79 Å². The highest BCUT2D eigenvalue weighted by atomic mass is 35.5. The van der Waals surface area contributed by atoms with E-state index in [4.69, 9.17) is 11.6 Å². The van der Waals surface area contributed by atoms with Gasteiger partial charge < -0.3 is 15.5 Å². The van der Waals surface area contributed by atoms with Crippen LogP contribution >= 0.6 is 11.6 Å². The zero-order valence-electron chi connectivity index (χ0n) is 17.0. The van der Waals surface area contributed by atoms with Gasteiger partial charge in [-0.05, 0) is 48.1 Å². The van der Waals surface area contributed by atoms with Crippen LogP contribution in [0.4, 0.5) is 0 Å². The molecule has 1 heterocycles. The first kappa shape index (κ1) is 21.2. The number of nitrogens with one attached hydrogen (secondary N) is 2. The molecule has 1 aliphatic rings. The first-order valence-electron chi connectivity index (χ1n) is 10.2. The monoisotopic (exact) mass is 412 g/mol. The van der Waals surface area contributed by atoms with Crippen molar-refractivity contribution in [2.75, 3.05) is 26.7 Å². The summed E-state index contributed by atoms with van der Waals surface area (Å²) in [4.78, 5) is 18.7. The molecule has 2 aromatic rings. The Bertz CT molecular complexity index is 852. The van der Waals surface area contributed by atoms with Crippen LogP contribution < -0.4 is 10.6 Å². The second-order valence-corrected chi connectivity index (χ2v) is 7.68. The lowest BCUT2D eigenvalue weighted by Gasteiger charge is -2.29. The third-order valence-electron chi connectivity index (χ3n) is 5.16. The van der Waals surface area contributed by atoms with Crippen molar-refractivity contribution >= 4 is 23.5 Å². The van der Waals surface area contributed by atoms with Gasteiger partial charge in [-0.1, -0.05) is 48.0 Å². The number of amides is 1. The highest BCUT2D eigenvalue weighted by molar-refractivity contribution is 6.30. The molecule has 3 rings (SSSR count). The number of nitrogens with zero attached hydrogens (tertiary/aromatic N) is 2. The smallest absolute Gasteiger partial charge is 0.222 e. The average molecular weight is 413 g/mol. The number of benzene rings is 2. The number of hydrogen-bond acceptors (Lipinski definition) is 2. The average Bonchev–Trinajstić information content (AvgIpc) is 2.75. The van der Waals surface area contributed by atoms with Crippen LogP contribution in [0.15, 0.2) is 53.5 Å². The van der Waals surface area contributed by atoms with Crippen LogP contribution in [0, 0.1) is 0 Å². The molecule has 0 radical (unpaired) electrons. The summed E-state index contributed by atoms with van der Waals surface area (Å²) in [6.07, 6.45) is 3.15. The molecule has 0 spiro atoms. The number of carbonyl (C=O) groups is 1. The Kier molecular flexibility index (Phi) is 7.94. The number of guanidine groups is 1. The van der Waals surface area contributed by atoms with E-state index in [0.717, 1.165) is 49.9 Å². The minimum atomic E-state index is 0.227. The minimum Gasteiger partial charge on any atom is -0.356 e. The molecule has 0 bridgehead atoms. The number of rotatable bonds is 7. The van der Waals surface area contributed by atoms with Gasteiger partial charge in [0, 0.05) is 44.7 Å². The van der Waals surface area contributed by atoms with Crippen LogP contribution in [0.1, 0.15) is 29.5 Å². The molecular formula is C23H29ClN4O. The van der Waals surface area contributed by atoms with Gasteiger partial charge in [0.25, 0.3) is 0 Å². The lowest BCUT2D eigenvalue weighted by molar-refractivity contribution is -0.132. The molecule has 0 aromatic heterocycles. The molecule has 6 heteroatoms. The summed E-state index contributed by atoms with van der Waals surface area (Å²) in [6, 6.07) is 16.3. The van der Waals surface area contributed by atoms with Gasteiger partial charge in [0.2, 0.25) is 5.91 Å². The van der Waals surface area contributed by atoms with Gasteiger partial charge in [0.05, 0.1) is 0 Å². The summed E-state index contributed by atoms with van der Waals surface area (Å²) in [5, 5.41) is 7.34. The zero-order chi connectivity index (χ0) is 20.5. The van der Waals surface area contributed by atoms with Crippen LogP contribution in [0.3, 0.4) is 0 Å². The second-order valence-electron chi connectivity index (χ2n) is 7.24. The van der Waals surface area contributed by atoms with E-state index in [1.807, 2.05) is 29.2 Å². The fourth-order valence-corrected chi connectivity index (χ4v) is 3.76. The van der Waals surface area contributed by atoms with Crippen molar-refractivity contribution in [2.24, 2.45) is 4.99 Å². The second kappa shape index (κ2) is 10.9. The third-order valence-corrected chi connectivity index (χ3v) is 5.40. The van der Waals surface area contributed by atoms with Gasteiger partial charge in [-0.25, -0.2) is 0 Å². The summed E-state index contributed by atoms with van der Waals surface area (Å²) in [6.45, 7) is 3.03. The Morgan fingerprint density at radius 1 is 1.10 bits per heavy atom. The van der Waals surface area contributed by atoms with Crippen molar-refractivity contribution in [1.82, 2.24) is 15.5 Å². The van der Waals surface area contributed by atoms with Crippen LogP contribution in [0.25, 0.3) is 0 Å². The number of halogens is 1. The van der Waals surface area contributed by atoms with E-state index in [1.54, 1.807) is 7.05 Å². The first-order chi connectivity index (χ1) is 14.2. The van der Waals surface area contributed by atoms with E-state index in [-0.39, 0.29) is 5.91 Å². The van der Waals surface area contributed by atoms with E-state index in [2.05, 4.69) is 39.9 Å². The molecule has 0 aliphatic carbocycles. The van der Waals surface area contributed by atoms with Gasteiger partial charge in [-0.2, -0.15) is 0 Å². The standard InChI is InChI=1S/C23H29ClN4O/c1-25-23(27-14-11-18-6-4-9-21(24)16-18)26-13-5-10-22(29)28-15-12-19-7-2-3-8-20(19)17-28/h2-4,6-9,16H,5,10-15,17H2,1H3,(H2,25,26,27). The molecule has 0 unspecified atom stereocenters. The molecule has 2 aromatic carbocycles. The SMILES string of the molecule is CN=C(NCCCC(=O)N1CCc2ccccc2C1)NCCc1cccc(Cl)c1. The van der Waals surface area contributed by atoms with Gasteiger partial charge in [-0.15, -0.1) is 0 Å². The lowest BCUT2D eigenvalue weighted by Crippen LogP contribution is -2.39. The van der Waals surface area contributed by atoms with Crippen LogP contribution in [0.5, 0.6) is 0 Å². The Morgan fingerprint density at radius 3 is 2.69 bits per heavy atom. The zero-order valence-corrected chi connectivity index (χ0v) is 17.7. The van der Waals surface area contributed by atoms with E-state index < -0.39 is 0 Å². The highest BCUT2D eigenvalue weighted by Gasteiger charge is 2.19. The summed E-state index contributed by atoms with van der Waals surface area (Å²) in [5.41, 5.74) is 3.83. The first-order valence-corrected chi connectivity index (χ1v) is 10.6. The number of aliphatic imine (C=N–C) groups is 1. The molecule has 1 amide bonds. The Hall–Kier alpha value is -2.53. The van der Waals surface area contributed by atoms with Crippen molar-refractivity contribution in [3.63, 3.8) is 0 Å². The lowest BCUT2D eigenvalue weighted by atomic mass is 9.99. The molecule has 29 heavy (non-hydrogen) atoms. The highest BCUT2D eigenvalue weighted by Crippen LogP contribution is 2.19. The summed E-state index contributed by atoms with van der Waals surface area (Å²) < 4.78 is 0. The Labute approximate surface area is 178 Å². The fourth-order valence-electron chi connectivity index (χ4n) is 3.55. The predicted molar refractivity (Wildman–Crippen MR) is 119 cm³/mol. The maximum atomic E-state index is 12.5. The summed E-state index contributed by atoms with van der Waals surface area (Å²) in [5.74, 6) is 0.983. The van der Waals surface area contributed by atoms with Crippen molar-refractivity contribution in [2.45, 2.75) is 32.2 Å². The largest absolute Gasteiger partial charge is 0.356 e. The topological polar surface area (TPSA) is 56.7 Å². The molecule has 0 atom stereocenters.